The normalized spacial score (nSPS) is 17.6. The number of thiazole rings is 1. The van der Waals surface area contributed by atoms with Crippen molar-refractivity contribution >= 4 is 22.4 Å². The summed E-state index contributed by atoms with van der Waals surface area (Å²) in [6.07, 6.45) is -4.24. The number of alkyl halides is 3. The molecular formula is C9H9F3N2O2S. The van der Waals surface area contributed by atoms with Gasteiger partial charge in [-0.25, -0.2) is 9.78 Å². The number of ether oxygens (including phenoxy) is 1. The number of methoxy groups -OCH3 is 1. The number of esters is 1. The highest BCUT2D eigenvalue weighted by Crippen LogP contribution is 2.51. The van der Waals surface area contributed by atoms with Crippen LogP contribution in [0.5, 0.6) is 0 Å². The average Bonchev–Trinajstić information content (AvgIpc) is 2.89. The van der Waals surface area contributed by atoms with E-state index in [4.69, 9.17) is 0 Å². The number of hydrogen-bond acceptors (Lipinski definition) is 5. The van der Waals surface area contributed by atoms with E-state index in [0.717, 1.165) is 11.3 Å². The van der Waals surface area contributed by atoms with Gasteiger partial charge in [-0.15, -0.1) is 11.3 Å². The van der Waals surface area contributed by atoms with E-state index in [0.29, 0.717) is 0 Å². The maximum absolute atomic E-state index is 12.6. The number of aromatic nitrogens is 1. The maximum atomic E-state index is 12.6. The van der Waals surface area contributed by atoms with Crippen molar-refractivity contribution < 1.29 is 22.7 Å². The van der Waals surface area contributed by atoms with Gasteiger partial charge < -0.3 is 10.1 Å². The zero-order valence-electron chi connectivity index (χ0n) is 8.80. The molecule has 1 aliphatic rings. The number of anilines is 1. The van der Waals surface area contributed by atoms with Crippen molar-refractivity contribution in [1.82, 2.24) is 4.98 Å². The van der Waals surface area contributed by atoms with Gasteiger partial charge in [-0.05, 0) is 12.8 Å². The van der Waals surface area contributed by atoms with Crippen LogP contribution in [0.3, 0.4) is 0 Å². The number of carbonyl (C=O) groups is 1. The van der Waals surface area contributed by atoms with E-state index in [1.807, 2.05) is 0 Å². The first-order valence-electron chi connectivity index (χ1n) is 4.77. The van der Waals surface area contributed by atoms with Gasteiger partial charge in [-0.2, -0.15) is 13.2 Å². The third-order valence-corrected chi connectivity index (χ3v) is 3.30. The van der Waals surface area contributed by atoms with Crippen LogP contribution in [-0.2, 0) is 4.74 Å². The molecule has 0 aromatic carbocycles. The lowest BCUT2D eigenvalue weighted by atomic mass is 10.3. The molecule has 1 heterocycles. The zero-order valence-corrected chi connectivity index (χ0v) is 9.61. The molecule has 2 rings (SSSR count). The van der Waals surface area contributed by atoms with Crippen molar-refractivity contribution in [2.75, 3.05) is 12.4 Å². The van der Waals surface area contributed by atoms with Crippen molar-refractivity contribution in [3.8, 4) is 0 Å². The molecule has 4 nitrogen and oxygen atoms in total. The van der Waals surface area contributed by atoms with Crippen LogP contribution in [0.15, 0.2) is 5.38 Å². The smallest absolute Gasteiger partial charge is 0.411 e. The fourth-order valence-electron chi connectivity index (χ4n) is 1.34. The summed E-state index contributed by atoms with van der Waals surface area (Å²) in [6.45, 7) is 0. The topological polar surface area (TPSA) is 51.2 Å². The molecule has 1 aromatic heterocycles. The van der Waals surface area contributed by atoms with Gasteiger partial charge in [-0.3, -0.25) is 0 Å². The maximum Gasteiger partial charge on any atom is 0.411 e. The Balaban J connectivity index is 2.10. The lowest BCUT2D eigenvalue weighted by molar-refractivity contribution is -0.151. The Morgan fingerprint density at radius 3 is 2.71 bits per heavy atom. The molecule has 0 saturated heterocycles. The summed E-state index contributed by atoms with van der Waals surface area (Å²) in [5.41, 5.74) is -1.85. The highest BCUT2D eigenvalue weighted by atomic mass is 32.1. The second-order valence-electron chi connectivity index (χ2n) is 3.73. The Morgan fingerprint density at radius 1 is 1.59 bits per heavy atom. The van der Waals surface area contributed by atoms with E-state index >= 15 is 0 Å². The quantitative estimate of drug-likeness (QED) is 0.854. The summed E-state index contributed by atoms with van der Waals surface area (Å²) in [6, 6.07) is 0. The summed E-state index contributed by atoms with van der Waals surface area (Å²) in [7, 11) is 1.19. The number of rotatable bonds is 3. The van der Waals surface area contributed by atoms with Crippen molar-refractivity contribution in [2.24, 2.45) is 0 Å². The highest BCUT2D eigenvalue weighted by molar-refractivity contribution is 7.13. The second kappa shape index (κ2) is 3.86. The van der Waals surface area contributed by atoms with Crippen LogP contribution >= 0.6 is 11.3 Å². The minimum absolute atomic E-state index is 0.0120. The van der Waals surface area contributed by atoms with Crippen LogP contribution in [0.25, 0.3) is 0 Å². The molecule has 0 radical (unpaired) electrons. The van der Waals surface area contributed by atoms with E-state index in [9.17, 15) is 18.0 Å². The van der Waals surface area contributed by atoms with E-state index in [1.165, 1.54) is 12.5 Å². The molecule has 0 bridgehead atoms. The van der Waals surface area contributed by atoms with Crippen LogP contribution in [0.2, 0.25) is 0 Å². The van der Waals surface area contributed by atoms with Crippen molar-refractivity contribution in [1.29, 1.82) is 0 Å². The molecule has 0 unspecified atom stereocenters. The first-order valence-corrected chi connectivity index (χ1v) is 5.65. The molecule has 1 fully saturated rings. The van der Waals surface area contributed by atoms with Gasteiger partial charge in [0, 0.05) is 5.38 Å². The monoisotopic (exact) mass is 266 g/mol. The summed E-state index contributed by atoms with van der Waals surface area (Å²) < 4.78 is 42.3. The molecule has 0 spiro atoms. The fourth-order valence-corrected chi connectivity index (χ4v) is 2.12. The average molecular weight is 266 g/mol. The Morgan fingerprint density at radius 2 is 2.24 bits per heavy atom. The van der Waals surface area contributed by atoms with E-state index < -0.39 is 17.7 Å². The number of nitrogens with zero attached hydrogens (tertiary/aromatic N) is 1. The third kappa shape index (κ3) is 2.21. The third-order valence-electron chi connectivity index (χ3n) is 2.54. The second-order valence-corrected chi connectivity index (χ2v) is 4.59. The SMILES string of the molecule is COC(=O)c1csc(NC2(C(F)(F)F)CC2)n1. The molecule has 1 saturated carbocycles. The summed E-state index contributed by atoms with van der Waals surface area (Å²) in [5, 5.41) is 3.79. The molecule has 17 heavy (non-hydrogen) atoms. The lowest BCUT2D eigenvalue weighted by Gasteiger charge is -2.19. The fraction of sp³-hybridized carbons (Fsp3) is 0.556. The van der Waals surface area contributed by atoms with Crippen LogP contribution < -0.4 is 5.32 Å². The Kier molecular flexibility index (Phi) is 2.76. The van der Waals surface area contributed by atoms with Gasteiger partial charge in [0.05, 0.1) is 7.11 Å². The molecule has 0 amide bonds. The molecule has 0 atom stereocenters. The van der Waals surface area contributed by atoms with Gasteiger partial charge in [-0.1, -0.05) is 0 Å². The van der Waals surface area contributed by atoms with E-state index in [2.05, 4.69) is 15.0 Å². The largest absolute Gasteiger partial charge is 0.464 e. The molecule has 8 heteroatoms. The van der Waals surface area contributed by atoms with Gasteiger partial charge in [0.15, 0.2) is 10.8 Å². The van der Waals surface area contributed by atoms with Crippen LogP contribution in [0.1, 0.15) is 23.3 Å². The molecule has 1 N–H and O–H groups in total. The van der Waals surface area contributed by atoms with Crippen LogP contribution in [-0.4, -0.2) is 29.8 Å². The number of nitrogens with one attached hydrogen (secondary N) is 1. The van der Waals surface area contributed by atoms with Crippen molar-refractivity contribution in [2.45, 2.75) is 24.6 Å². The van der Waals surface area contributed by atoms with E-state index in [1.54, 1.807) is 0 Å². The molecule has 0 aliphatic heterocycles. The van der Waals surface area contributed by atoms with E-state index in [-0.39, 0.29) is 23.7 Å². The van der Waals surface area contributed by atoms with Gasteiger partial charge in [0.1, 0.15) is 5.54 Å². The standard InChI is InChI=1S/C9H9F3N2O2S/c1-16-6(15)5-4-17-7(13-5)14-8(2-3-8)9(10,11)12/h4H,2-3H2,1H3,(H,13,14). The first-order chi connectivity index (χ1) is 7.88. The predicted molar refractivity (Wildman–Crippen MR) is 55.1 cm³/mol. The summed E-state index contributed by atoms with van der Waals surface area (Å²) >= 11 is 0.953. The molecular weight excluding hydrogens is 257 g/mol. The number of hydrogen-bond donors (Lipinski definition) is 1. The van der Waals surface area contributed by atoms with Crippen molar-refractivity contribution in [3.63, 3.8) is 0 Å². The highest BCUT2D eigenvalue weighted by Gasteiger charge is 2.63. The Hall–Kier alpha value is -1.31. The Bertz CT molecular complexity index is 440. The minimum atomic E-state index is -4.30. The lowest BCUT2D eigenvalue weighted by Crippen LogP contribution is -2.38. The minimum Gasteiger partial charge on any atom is -0.464 e. The van der Waals surface area contributed by atoms with Gasteiger partial charge >= 0.3 is 12.1 Å². The first kappa shape index (κ1) is 12.2. The van der Waals surface area contributed by atoms with Crippen molar-refractivity contribution in [3.05, 3.63) is 11.1 Å². The van der Waals surface area contributed by atoms with Crippen LogP contribution in [0, 0.1) is 0 Å². The van der Waals surface area contributed by atoms with Gasteiger partial charge in [0.2, 0.25) is 0 Å². The molecule has 1 aromatic rings. The Labute approximate surface area is 98.8 Å². The summed E-state index contributed by atoms with van der Waals surface area (Å²) in [5.74, 6) is -0.661. The van der Waals surface area contributed by atoms with Crippen LogP contribution in [0.4, 0.5) is 18.3 Å². The zero-order chi connectivity index (χ0) is 12.7. The number of halogens is 3. The number of carbonyl (C=O) groups excluding carboxylic acids is 1. The molecule has 94 valence electrons. The molecule has 1 aliphatic carbocycles. The predicted octanol–water partition coefficient (Wildman–Crippen LogP) is 2.44. The van der Waals surface area contributed by atoms with Gasteiger partial charge in [0.25, 0.3) is 0 Å². The summed E-state index contributed by atoms with van der Waals surface area (Å²) in [4.78, 5) is 14.8.